The molecular weight excluding hydrogens is 268 g/mol. The van der Waals surface area contributed by atoms with E-state index in [4.69, 9.17) is 10.5 Å². The van der Waals surface area contributed by atoms with E-state index in [0.717, 1.165) is 11.3 Å². The van der Waals surface area contributed by atoms with Gasteiger partial charge in [0.15, 0.2) is 5.82 Å². The zero-order valence-corrected chi connectivity index (χ0v) is 12.1. The summed E-state index contributed by atoms with van der Waals surface area (Å²) in [7, 11) is 0. The van der Waals surface area contributed by atoms with Gasteiger partial charge >= 0.3 is 0 Å². The number of benzene rings is 1. The van der Waals surface area contributed by atoms with E-state index in [1.54, 1.807) is 0 Å². The Kier molecular flexibility index (Phi) is 4.71. The van der Waals surface area contributed by atoms with E-state index in [1.807, 2.05) is 38.1 Å². The molecule has 0 fully saturated rings. The van der Waals surface area contributed by atoms with Gasteiger partial charge in [-0.3, -0.25) is 4.79 Å². The molecule has 0 spiro atoms. The Morgan fingerprint density at radius 3 is 2.57 bits per heavy atom. The molecule has 1 heterocycles. The second-order valence-electron chi connectivity index (χ2n) is 4.31. The van der Waals surface area contributed by atoms with Gasteiger partial charge in [-0.05, 0) is 38.1 Å². The van der Waals surface area contributed by atoms with Crippen LogP contribution in [0.3, 0.4) is 0 Å². The number of rotatable bonds is 5. The van der Waals surface area contributed by atoms with Crippen molar-refractivity contribution < 1.29 is 9.53 Å². The van der Waals surface area contributed by atoms with Crippen LogP contribution in [0, 0.1) is 0 Å². The van der Waals surface area contributed by atoms with Crippen molar-refractivity contribution in [2.45, 2.75) is 13.8 Å². The Balaban J connectivity index is 2.25. The molecule has 2 aromatic rings. The molecule has 0 unspecified atom stereocenters. The first-order chi connectivity index (χ1) is 10.2. The summed E-state index contributed by atoms with van der Waals surface area (Å²) in [4.78, 5) is 20.1. The third-order valence-corrected chi connectivity index (χ3v) is 2.82. The van der Waals surface area contributed by atoms with Crippen LogP contribution in [0.4, 0.5) is 5.82 Å². The molecule has 6 heteroatoms. The topological polar surface area (TPSA) is 90.1 Å². The Labute approximate surface area is 123 Å². The quantitative estimate of drug-likeness (QED) is 0.875. The van der Waals surface area contributed by atoms with Gasteiger partial charge in [0, 0.05) is 18.3 Å². The number of ether oxygens (including phenoxy) is 1. The van der Waals surface area contributed by atoms with Crippen molar-refractivity contribution in [2.24, 2.45) is 0 Å². The van der Waals surface area contributed by atoms with E-state index in [1.165, 1.54) is 6.20 Å². The van der Waals surface area contributed by atoms with Crippen molar-refractivity contribution >= 4 is 11.7 Å². The molecule has 1 aromatic carbocycles. The minimum atomic E-state index is -0.270. The van der Waals surface area contributed by atoms with Crippen LogP contribution in [0.25, 0.3) is 11.4 Å². The molecule has 0 saturated heterocycles. The lowest BCUT2D eigenvalue weighted by Gasteiger charge is -2.07. The van der Waals surface area contributed by atoms with Gasteiger partial charge in [-0.25, -0.2) is 9.97 Å². The van der Waals surface area contributed by atoms with E-state index in [9.17, 15) is 4.79 Å². The van der Waals surface area contributed by atoms with Crippen LogP contribution in [0.5, 0.6) is 5.75 Å². The number of amides is 1. The number of nitrogens with zero attached hydrogens (tertiary/aromatic N) is 2. The zero-order valence-electron chi connectivity index (χ0n) is 12.1. The van der Waals surface area contributed by atoms with Crippen LogP contribution in [0.2, 0.25) is 0 Å². The predicted molar refractivity (Wildman–Crippen MR) is 81.1 cm³/mol. The molecule has 0 bridgehead atoms. The summed E-state index contributed by atoms with van der Waals surface area (Å²) in [6.45, 7) is 4.91. The van der Waals surface area contributed by atoms with E-state index >= 15 is 0 Å². The fraction of sp³-hybridized carbons (Fsp3) is 0.267. The van der Waals surface area contributed by atoms with Crippen LogP contribution >= 0.6 is 0 Å². The first kappa shape index (κ1) is 14.8. The van der Waals surface area contributed by atoms with Crippen molar-refractivity contribution in [3.8, 4) is 17.1 Å². The highest BCUT2D eigenvalue weighted by Gasteiger charge is 2.12. The number of hydrogen-bond donors (Lipinski definition) is 2. The average molecular weight is 286 g/mol. The van der Waals surface area contributed by atoms with Gasteiger partial charge < -0.3 is 15.8 Å². The molecule has 0 radical (unpaired) electrons. The average Bonchev–Trinajstić information content (AvgIpc) is 2.48. The van der Waals surface area contributed by atoms with Gasteiger partial charge in [0.05, 0.1) is 12.2 Å². The van der Waals surface area contributed by atoms with Gasteiger partial charge in [-0.2, -0.15) is 0 Å². The fourth-order valence-electron chi connectivity index (χ4n) is 1.83. The Hall–Kier alpha value is -2.63. The van der Waals surface area contributed by atoms with Crippen molar-refractivity contribution in [3.05, 3.63) is 36.0 Å². The summed E-state index contributed by atoms with van der Waals surface area (Å²) in [5, 5.41) is 2.67. The standard InChI is InChI=1S/C15H18N4O2/c1-3-17-15(20)12-9-18-14(19-13(12)16)10-5-7-11(8-6-10)21-4-2/h5-9H,3-4H2,1-2H3,(H,17,20)(H2,16,18,19). The summed E-state index contributed by atoms with van der Waals surface area (Å²) in [6, 6.07) is 7.39. The highest BCUT2D eigenvalue weighted by atomic mass is 16.5. The lowest BCUT2D eigenvalue weighted by atomic mass is 10.2. The Morgan fingerprint density at radius 2 is 2.00 bits per heavy atom. The van der Waals surface area contributed by atoms with E-state index in [0.29, 0.717) is 19.0 Å². The van der Waals surface area contributed by atoms with E-state index < -0.39 is 0 Å². The first-order valence-electron chi connectivity index (χ1n) is 6.79. The Morgan fingerprint density at radius 1 is 1.29 bits per heavy atom. The second-order valence-corrected chi connectivity index (χ2v) is 4.31. The number of aromatic nitrogens is 2. The van der Waals surface area contributed by atoms with Gasteiger partial charge in [0.2, 0.25) is 0 Å². The monoisotopic (exact) mass is 286 g/mol. The zero-order chi connectivity index (χ0) is 15.2. The van der Waals surface area contributed by atoms with Crippen molar-refractivity contribution in [2.75, 3.05) is 18.9 Å². The summed E-state index contributed by atoms with van der Waals surface area (Å²) in [6.07, 6.45) is 1.44. The van der Waals surface area contributed by atoms with Gasteiger partial charge in [0.25, 0.3) is 5.91 Å². The van der Waals surface area contributed by atoms with Crippen LogP contribution in [0.1, 0.15) is 24.2 Å². The number of hydrogen-bond acceptors (Lipinski definition) is 5. The SMILES string of the molecule is CCNC(=O)c1cnc(-c2ccc(OCC)cc2)nc1N. The minimum absolute atomic E-state index is 0.167. The van der Waals surface area contributed by atoms with Crippen molar-refractivity contribution in [3.63, 3.8) is 0 Å². The Bertz CT molecular complexity index is 626. The summed E-state index contributed by atoms with van der Waals surface area (Å²) < 4.78 is 5.38. The number of carbonyl (C=O) groups excluding carboxylic acids is 1. The molecule has 110 valence electrons. The molecule has 6 nitrogen and oxygen atoms in total. The number of carbonyl (C=O) groups is 1. The summed E-state index contributed by atoms with van der Waals surface area (Å²) in [5.74, 6) is 1.16. The smallest absolute Gasteiger partial charge is 0.256 e. The summed E-state index contributed by atoms with van der Waals surface area (Å²) in [5.41, 5.74) is 6.93. The van der Waals surface area contributed by atoms with Crippen LogP contribution in [0.15, 0.2) is 30.5 Å². The number of anilines is 1. The van der Waals surface area contributed by atoms with E-state index in [2.05, 4.69) is 15.3 Å². The van der Waals surface area contributed by atoms with Gasteiger partial charge in [-0.15, -0.1) is 0 Å². The predicted octanol–water partition coefficient (Wildman–Crippen LogP) is 1.87. The maximum atomic E-state index is 11.7. The van der Waals surface area contributed by atoms with Gasteiger partial charge in [-0.1, -0.05) is 0 Å². The lowest BCUT2D eigenvalue weighted by molar-refractivity contribution is 0.0956. The molecule has 0 aliphatic heterocycles. The molecule has 0 saturated carbocycles. The number of nitrogens with one attached hydrogen (secondary N) is 1. The molecule has 1 amide bonds. The van der Waals surface area contributed by atoms with Crippen molar-refractivity contribution in [1.82, 2.24) is 15.3 Å². The van der Waals surface area contributed by atoms with Crippen LogP contribution < -0.4 is 15.8 Å². The molecule has 0 atom stereocenters. The van der Waals surface area contributed by atoms with Gasteiger partial charge in [0.1, 0.15) is 11.6 Å². The van der Waals surface area contributed by atoms with Crippen molar-refractivity contribution in [1.29, 1.82) is 0 Å². The number of nitrogens with two attached hydrogens (primary N) is 1. The molecule has 1 aromatic heterocycles. The highest BCUT2D eigenvalue weighted by molar-refractivity contribution is 5.98. The molecule has 3 N–H and O–H groups in total. The number of nitrogen functional groups attached to an aromatic ring is 1. The third kappa shape index (κ3) is 3.47. The lowest BCUT2D eigenvalue weighted by Crippen LogP contribution is -2.24. The molecule has 2 rings (SSSR count). The molecule has 0 aliphatic carbocycles. The molecule has 0 aliphatic rings. The van der Waals surface area contributed by atoms with Crippen LogP contribution in [-0.2, 0) is 0 Å². The highest BCUT2D eigenvalue weighted by Crippen LogP contribution is 2.21. The van der Waals surface area contributed by atoms with Crippen LogP contribution in [-0.4, -0.2) is 29.0 Å². The fourth-order valence-corrected chi connectivity index (χ4v) is 1.83. The maximum absolute atomic E-state index is 11.7. The molecular formula is C15H18N4O2. The second kappa shape index (κ2) is 6.69. The molecule has 21 heavy (non-hydrogen) atoms. The third-order valence-electron chi connectivity index (χ3n) is 2.82. The van der Waals surface area contributed by atoms with E-state index in [-0.39, 0.29) is 17.3 Å². The normalized spacial score (nSPS) is 10.2. The summed E-state index contributed by atoms with van der Waals surface area (Å²) >= 11 is 0. The minimum Gasteiger partial charge on any atom is -0.494 e. The largest absolute Gasteiger partial charge is 0.494 e. The first-order valence-corrected chi connectivity index (χ1v) is 6.79. The maximum Gasteiger partial charge on any atom is 0.256 e.